The van der Waals surface area contributed by atoms with Crippen molar-refractivity contribution >= 4 is 11.9 Å². The largest absolute Gasteiger partial charge is 0.469 e. The Morgan fingerprint density at radius 2 is 2.08 bits per heavy atom. The van der Waals surface area contributed by atoms with Gasteiger partial charge in [-0.3, -0.25) is 9.59 Å². The summed E-state index contributed by atoms with van der Waals surface area (Å²) >= 11 is 0. The minimum Gasteiger partial charge on any atom is -0.469 e. The molecule has 0 aliphatic heterocycles. The highest BCUT2D eigenvalue weighted by atomic mass is 19.2. The van der Waals surface area contributed by atoms with Gasteiger partial charge in [0.15, 0.2) is 11.6 Å². The van der Waals surface area contributed by atoms with Crippen LogP contribution in [0.3, 0.4) is 0 Å². The van der Waals surface area contributed by atoms with Crippen LogP contribution in [-0.2, 0) is 20.7 Å². The van der Waals surface area contributed by atoms with Crippen LogP contribution in [0.4, 0.5) is 8.78 Å². The molecule has 6 nitrogen and oxygen atoms in total. The quantitative estimate of drug-likeness (QED) is 0.618. The van der Waals surface area contributed by atoms with E-state index in [1.54, 1.807) is 0 Å². The number of carbonyl (C=O) groups is 2. The van der Waals surface area contributed by atoms with Crippen LogP contribution in [0.15, 0.2) is 28.9 Å². The molecule has 2 aromatic rings. The van der Waals surface area contributed by atoms with E-state index in [1.165, 1.54) is 19.4 Å². The zero-order valence-corrected chi connectivity index (χ0v) is 13.0. The standard InChI is InChI=1S/C16H16F2N2O4/c1-23-15(22)3-2-6-19-14(21)8-11-9-24-16(20-11)10-4-5-12(17)13(18)7-10/h4-5,7,9H,2-3,6,8H2,1H3,(H,19,21). The van der Waals surface area contributed by atoms with E-state index in [-0.39, 0.29) is 36.2 Å². The molecular weight excluding hydrogens is 322 g/mol. The van der Waals surface area contributed by atoms with Crippen molar-refractivity contribution < 1.29 is 27.5 Å². The summed E-state index contributed by atoms with van der Waals surface area (Å²) in [5.74, 6) is -2.49. The Kier molecular flexibility index (Phi) is 6.00. The SMILES string of the molecule is COC(=O)CCCNC(=O)Cc1coc(-c2ccc(F)c(F)c2)n1. The first-order valence-corrected chi connectivity index (χ1v) is 7.23. The van der Waals surface area contributed by atoms with Gasteiger partial charge in [0.2, 0.25) is 11.8 Å². The van der Waals surface area contributed by atoms with Crippen LogP contribution in [0, 0.1) is 11.6 Å². The predicted octanol–water partition coefficient (Wildman–Crippen LogP) is 2.23. The van der Waals surface area contributed by atoms with Gasteiger partial charge in [-0.1, -0.05) is 0 Å². The second-order valence-corrected chi connectivity index (χ2v) is 4.98. The van der Waals surface area contributed by atoms with Crippen LogP contribution in [0.25, 0.3) is 11.5 Å². The van der Waals surface area contributed by atoms with E-state index in [9.17, 15) is 18.4 Å². The van der Waals surface area contributed by atoms with Crippen LogP contribution in [-0.4, -0.2) is 30.5 Å². The number of nitrogens with zero attached hydrogens (tertiary/aromatic N) is 1. The van der Waals surface area contributed by atoms with E-state index >= 15 is 0 Å². The number of oxazole rings is 1. The average molecular weight is 338 g/mol. The molecule has 0 radical (unpaired) electrons. The predicted molar refractivity (Wildman–Crippen MR) is 79.8 cm³/mol. The third-order valence-corrected chi connectivity index (χ3v) is 3.17. The number of methoxy groups -OCH3 is 1. The zero-order valence-electron chi connectivity index (χ0n) is 13.0. The third kappa shape index (κ3) is 4.87. The molecule has 1 amide bonds. The van der Waals surface area contributed by atoms with Crippen LogP contribution in [0.1, 0.15) is 18.5 Å². The molecule has 1 aromatic heterocycles. The van der Waals surface area contributed by atoms with E-state index in [2.05, 4.69) is 15.0 Å². The number of amides is 1. The third-order valence-electron chi connectivity index (χ3n) is 3.17. The Balaban J connectivity index is 1.85. The van der Waals surface area contributed by atoms with Gasteiger partial charge in [-0.25, -0.2) is 13.8 Å². The highest BCUT2D eigenvalue weighted by Gasteiger charge is 2.12. The van der Waals surface area contributed by atoms with Gasteiger partial charge in [0.05, 0.1) is 19.2 Å². The Morgan fingerprint density at radius 1 is 1.29 bits per heavy atom. The Bertz CT molecular complexity index is 731. The number of nitrogens with one attached hydrogen (secondary N) is 1. The molecule has 1 heterocycles. The van der Waals surface area contributed by atoms with Crippen molar-refractivity contribution in [2.45, 2.75) is 19.3 Å². The highest BCUT2D eigenvalue weighted by Crippen LogP contribution is 2.21. The lowest BCUT2D eigenvalue weighted by molar-refractivity contribution is -0.140. The van der Waals surface area contributed by atoms with Crippen molar-refractivity contribution in [3.05, 3.63) is 41.8 Å². The number of esters is 1. The molecule has 0 spiro atoms. The molecule has 1 aromatic carbocycles. The van der Waals surface area contributed by atoms with Gasteiger partial charge in [-0.05, 0) is 24.6 Å². The normalized spacial score (nSPS) is 10.5. The summed E-state index contributed by atoms with van der Waals surface area (Å²) < 4.78 is 35.8. The molecule has 128 valence electrons. The molecule has 0 saturated heterocycles. The zero-order chi connectivity index (χ0) is 17.5. The van der Waals surface area contributed by atoms with Gasteiger partial charge >= 0.3 is 5.97 Å². The van der Waals surface area contributed by atoms with Crippen LogP contribution < -0.4 is 5.32 Å². The van der Waals surface area contributed by atoms with Crippen molar-refractivity contribution in [3.8, 4) is 11.5 Å². The van der Waals surface area contributed by atoms with Gasteiger partial charge in [0, 0.05) is 18.5 Å². The Labute approximate surface area is 136 Å². The molecule has 0 saturated carbocycles. The summed E-state index contributed by atoms with van der Waals surface area (Å²) in [4.78, 5) is 26.7. The Hall–Kier alpha value is -2.77. The number of hydrogen-bond donors (Lipinski definition) is 1. The molecule has 0 aliphatic carbocycles. The first kappa shape index (κ1) is 17.6. The lowest BCUT2D eigenvalue weighted by Gasteiger charge is -2.03. The molecule has 0 fully saturated rings. The summed E-state index contributed by atoms with van der Waals surface area (Å²) in [6.07, 6.45) is 1.95. The molecular formula is C16H16F2N2O4. The maximum atomic E-state index is 13.2. The number of hydrogen-bond acceptors (Lipinski definition) is 5. The van der Waals surface area contributed by atoms with Crippen LogP contribution >= 0.6 is 0 Å². The van der Waals surface area contributed by atoms with E-state index in [1.807, 2.05) is 0 Å². The number of carbonyl (C=O) groups excluding carboxylic acids is 2. The number of aromatic nitrogens is 1. The molecule has 0 aliphatic rings. The lowest BCUT2D eigenvalue weighted by Crippen LogP contribution is -2.26. The fourth-order valence-corrected chi connectivity index (χ4v) is 1.94. The molecule has 0 atom stereocenters. The highest BCUT2D eigenvalue weighted by molar-refractivity contribution is 5.78. The van der Waals surface area contributed by atoms with Gasteiger partial charge in [0.1, 0.15) is 6.26 Å². The van der Waals surface area contributed by atoms with Crippen molar-refractivity contribution in [3.63, 3.8) is 0 Å². The minimum absolute atomic E-state index is 0.0224. The number of halogens is 2. The summed E-state index contributed by atoms with van der Waals surface area (Å²) in [5, 5.41) is 2.64. The second-order valence-electron chi connectivity index (χ2n) is 4.98. The summed E-state index contributed by atoms with van der Waals surface area (Å²) in [7, 11) is 1.30. The molecule has 0 bridgehead atoms. The molecule has 2 rings (SSSR count). The molecule has 1 N–H and O–H groups in total. The summed E-state index contributed by atoms with van der Waals surface area (Å²) in [6.45, 7) is 0.335. The average Bonchev–Trinajstić information content (AvgIpc) is 3.02. The fraction of sp³-hybridized carbons (Fsp3) is 0.312. The number of benzene rings is 1. The van der Waals surface area contributed by atoms with Crippen LogP contribution in [0.2, 0.25) is 0 Å². The van der Waals surface area contributed by atoms with Gasteiger partial charge < -0.3 is 14.5 Å². The fourth-order valence-electron chi connectivity index (χ4n) is 1.94. The van der Waals surface area contributed by atoms with Crippen molar-refractivity contribution in [2.24, 2.45) is 0 Å². The Morgan fingerprint density at radius 3 is 2.79 bits per heavy atom. The summed E-state index contributed by atoms with van der Waals surface area (Å²) in [5.41, 5.74) is 0.638. The van der Waals surface area contributed by atoms with E-state index in [0.717, 1.165) is 12.1 Å². The van der Waals surface area contributed by atoms with Crippen molar-refractivity contribution in [1.29, 1.82) is 0 Å². The maximum absolute atomic E-state index is 13.2. The van der Waals surface area contributed by atoms with Gasteiger partial charge in [-0.2, -0.15) is 0 Å². The van der Waals surface area contributed by atoms with Crippen molar-refractivity contribution in [2.75, 3.05) is 13.7 Å². The van der Waals surface area contributed by atoms with E-state index in [0.29, 0.717) is 18.7 Å². The van der Waals surface area contributed by atoms with Gasteiger partial charge in [-0.15, -0.1) is 0 Å². The number of rotatable bonds is 7. The first-order valence-electron chi connectivity index (χ1n) is 7.23. The first-order chi connectivity index (χ1) is 11.5. The lowest BCUT2D eigenvalue weighted by atomic mass is 10.2. The summed E-state index contributed by atoms with van der Waals surface area (Å²) in [6, 6.07) is 3.28. The topological polar surface area (TPSA) is 81.4 Å². The van der Waals surface area contributed by atoms with Crippen LogP contribution in [0.5, 0.6) is 0 Å². The monoisotopic (exact) mass is 338 g/mol. The van der Waals surface area contributed by atoms with E-state index in [4.69, 9.17) is 4.42 Å². The minimum atomic E-state index is -1.00. The maximum Gasteiger partial charge on any atom is 0.305 e. The molecule has 8 heteroatoms. The van der Waals surface area contributed by atoms with Crippen molar-refractivity contribution in [1.82, 2.24) is 10.3 Å². The smallest absolute Gasteiger partial charge is 0.305 e. The second kappa shape index (κ2) is 8.19. The van der Waals surface area contributed by atoms with Gasteiger partial charge in [0.25, 0.3) is 0 Å². The van der Waals surface area contributed by atoms with E-state index < -0.39 is 11.6 Å². The number of ether oxygens (including phenoxy) is 1. The molecule has 24 heavy (non-hydrogen) atoms. The molecule has 0 unspecified atom stereocenters.